The van der Waals surface area contributed by atoms with E-state index >= 15 is 0 Å². The van der Waals surface area contributed by atoms with E-state index in [2.05, 4.69) is 53.6 Å². The molecule has 5 fully saturated rings. The van der Waals surface area contributed by atoms with Crippen molar-refractivity contribution >= 4 is 11.7 Å². The summed E-state index contributed by atoms with van der Waals surface area (Å²) in [5.74, 6) is 4.47. The van der Waals surface area contributed by atoms with Crippen LogP contribution in [0.5, 0.6) is 0 Å². The summed E-state index contributed by atoms with van der Waals surface area (Å²) in [4.78, 5) is 31.0. The second kappa shape index (κ2) is 8.07. The quantitative estimate of drug-likeness (QED) is 0.542. The second-order valence-electron chi connectivity index (χ2n) is 13.7. The van der Waals surface area contributed by atoms with Crippen molar-refractivity contribution in [2.24, 2.45) is 52.3 Å². The molecule has 1 aliphatic heterocycles. The Hall–Kier alpha value is -0.900. The molecule has 0 radical (unpaired) electrons. The molecule has 0 aromatic rings. The van der Waals surface area contributed by atoms with Crippen molar-refractivity contribution in [3.8, 4) is 0 Å². The molecule has 0 N–H and O–H groups in total. The number of rotatable bonds is 4. The predicted molar refractivity (Wildman–Crippen MR) is 133 cm³/mol. The van der Waals surface area contributed by atoms with E-state index in [0.29, 0.717) is 29.1 Å². The molecule has 4 heteroatoms. The largest absolute Gasteiger partial charge is 0.332 e. The fourth-order valence-electron chi connectivity index (χ4n) is 9.86. The normalized spacial score (nSPS) is 48.4. The topological polar surface area (TPSA) is 40.6 Å². The van der Waals surface area contributed by atoms with Crippen molar-refractivity contribution < 1.29 is 9.59 Å². The van der Waals surface area contributed by atoms with Crippen LogP contribution in [-0.4, -0.2) is 54.2 Å². The molecule has 5 aliphatic rings. The highest BCUT2D eigenvalue weighted by Crippen LogP contribution is 2.67. The van der Waals surface area contributed by atoms with Gasteiger partial charge < -0.3 is 9.80 Å². The van der Waals surface area contributed by atoms with Gasteiger partial charge in [-0.2, -0.15) is 0 Å². The van der Waals surface area contributed by atoms with E-state index in [4.69, 9.17) is 0 Å². The molecule has 4 saturated carbocycles. The third kappa shape index (κ3) is 3.32. The maximum Gasteiger partial charge on any atom is 0.228 e. The van der Waals surface area contributed by atoms with E-state index < -0.39 is 0 Å². The van der Waals surface area contributed by atoms with Gasteiger partial charge in [-0.25, -0.2) is 0 Å². The van der Waals surface area contributed by atoms with Gasteiger partial charge in [-0.3, -0.25) is 9.59 Å². The molecular formula is C29H48N2O2. The van der Waals surface area contributed by atoms with E-state index in [0.717, 1.165) is 43.6 Å². The zero-order chi connectivity index (χ0) is 23.9. The van der Waals surface area contributed by atoms with Crippen LogP contribution >= 0.6 is 0 Å². The summed E-state index contributed by atoms with van der Waals surface area (Å²) in [5.41, 5.74) is 0.611. The molecule has 33 heavy (non-hydrogen) atoms. The Morgan fingerprint density at radius 3 is 2.18 bits per heavy atom. The number of fused-ring (bicyclic) bond motifs is 5. The highest BCUT2D eigenvalue weighted by Gasteiger charge is 2.63. The van der Waals surface area contributed by atoms with Crippen LogP contribution in [-0.2, 0) is 9.59 Å². The molecule has 5 rings (SSSR count). The van der Waals surface area contributed by atoms with Crippen LogP contribution in [0.15, 0.2) is 0 Å². The molecule has 186 valence electrons. The van der Waals surface area contributed by atoms with Crippen LogP contribution in [0.2, 0.25) is 0 Å². The first-order chi connectivity index (χ1) is 15.5. The fourth-order valence-corrected chi connectivity index (χ4v) is 9.86. The highest BCUT2D eigenvalue weighted by atomic mass is 16.2. The lowest BCUT2D eigenvalue weighted by Crippen LogP contribution is -2.65. The van der Waals surface area contributed by atoms with Gasteiger partial charge in [0.2, 0.25) is 5.91 Å². The van der Waals surface area contributed by atoms with Gasteiger partial charge in [0.1, 0.15) is 0 Å². The van der Waals surface area contributed by atoms with Gasteiger partial charge in [0.25, 0.3) is 0 Å². The molecule has 0 aromatic carbocycles. The Labute approximate surface area is 202 Å². The zero-order valence-electron chi connectivity index (χ0n) is 22.3. The van der Waals surface area contributed by atoms with Gasteiger partial charge in [0.05, 0.1) is 12.0 Å². The maximum absolute atomic E-state index is 13.8. The lowest BCUT2D eigenvalue weighted by molar-refractivity contribution is -0.171. The van der Waals surface area contributed by atoms with E-state index in [1.165, 1.54) is 32.1 Å². The SMILES string of the molecule is CC(C)[C@@H]1CN([C@H]2CC[C@@]3(C)C(CCC4C3CC[C@@]3(C)C4CCC3[C@H](C)N(C)C)C2=O)C1=O. The summed E-state index contributed by atoms with van der Waals surface area (Å²) in [6.07, 6.45) is 9.72. The monoisotopic (exact) mass is 456 g/mol. The molecule has 1 heterocycles. The molecule has 1 saturated heterocycles. The first kappa shape index (κ1) is 23.8. The number of hydrogen-bond donors (Lipinski definition) is 0. The van der Waals surface area contributed by atoms with Crippen LogP contribution in [0.25, 0.3) is 0 Å². The van der Waals surface area contributed by atoms with Crippen LogP contribution < -0.4 is 0 Å². The van der Waals surface area contributed by atoms with Crippen molar-refractivity contribution in [3.63, 3.8) is 0 Å². The number of nitrogens with zero attached hydrogens (tertiary/aromatic N) is 2. The number of ketones is 1. The van der Waals surface area contributed by atoms with Gasteiger partial charge in [0.15, 0.2) is 5.78 Å². The summed E-state index contributed by atoms with van der Waals surface area (Å²) < 4.78 is 0. The molecular weight excluding hydrogens is 408 g/mol. The molecule has 4 aliphatic carbocycles. The summed E-state index contributed by atoms with van der Waals surface area (Å²) in [6, 6.07) is 0.511. The summed E-state index contributed by atoms with van der Waals surface area (Å²) in [6.45, 7) is 12.6. The number of carbonyl (C=O) groups excluding carboxylic acids is 2. The Kier molecular flexibility index (Phi) is 5.82. The maximum atomic E-state index is 13.8. The Bertz CT molecular complexity index is 807. The number of amides is 1. The lowest BCUT2D eigenvalue weighted by atomic mass is 9.44. The first-order valence-electron chi connectivity index (χ1n) is 14.0. The number of hydrogen-bond acceptors (Lipinski definition) is 3. The van der Waals surface area contributed by atoms with Crippen molar-refractivity contribution in [1.82, 2.24) is 9.80 Å². The summed E-state index contributed by atoms with van der Waals surface area (Å²) in [5, 5.41) is 0. The Morgan fingerprint density at radius 1 is 0.879 bits per heavy atom. The van der Waals surface area contributed by atoms with Gasteiger partial charge in [-0.05, 0) is 113 Å². The number of β-lactam (4-membered cyclic amide) rings is 1. The molecule has 4 nitrogen and oxygen atoms in total. The first-order valence-corrected chi connectivity index (χ1v) is 14.0. The molecule has 0 bridgehead atoms. The zero-order valence-corrected chi connectivity index (χ0v) is 22.3. The summed E-state index contributed by atoms with van der Waals surface area (Å²) in [7, 11) is 4.49. The van der Waals surface area contributed by atoms with E-state index in [-0.39, 0.29) is 29.2 Å². The van der Waals surface area contributed by atoms with Crippen molar-refractivity contribution in [2.75, 3.05) is 20.6 Å². The molecule has 1 amide bonds. The molecule has 10 atom stereocenters. The minimum Gasteiger partial charge on any atom is -0.332 e. The van der Waals surface area contributed by atoms with Crippen LogP contribution in [0.1, 0.15) is 86.0 Å². The average molecular weight is 457 g/mol. The van der Waals surface area contributed by atoms with Crippen molar-refractivity contribution in [1.29, 1.82) is 0 Å². The average Bonchev–Trinajstić information content (AvgIpc) is 3.10. The van der Waals surface area contributed by atoms with Crippen LogP contribution in [0.3, 0.4) is 0 Å². The number of likely N-dealkylation sites (tertiary alicyclic amines) is 1. The van der Waals surface area contributed by atoms with E-state index in [9.17, 15) is 9.59 Å². The number of Topliss-reactive ketones (excluding diaryl/α,β-unsaturated/α-hetero) is 1. The van der Waals surface area contributed by atoms with Gasteiger partial charge in [0, 0.05) is 18.5 Å². The summed E-state index contributed by atoms with van der Waals surface area (Å²) >= 11 is 0. The van der Waals surface area contributed by atoms with Gasteiger partial charge in [-0.1, -0.05) is 27.7 Å². The standard InChI is InChI=1S/C29H48N2O2/c1-17(2)20-16-31(27(20)33)25-13-15-29(5)23-12-14-28(4)21(18(3)30(6)7)10-11-22(28)19(23)8-9-24(29)26(25)32/h17-25H,8-16H2,1-7H3/t18-,19?,20-,21?,22?,23?,24?,25-,28+,29+/m0/s1. The fraction of sp³-hybridized carbons (Fsp3) is 0.931. The minimum atomic E-state index is -0.132. The Morgan fingerprint density at radius 2 is 1.55 bits per heavy atom. The third-order valence-corrected chi connectivity index (χ3v) is 12.1. The predicted octanol–water partition coefficient (Wildman–Crippen LogP) is 5.26. The van der Waals surface area contributed by atoms with Gasteiger partial charge >= 0.3 is 0 Å². The lowest BCUT2D eigenvalue weighted by Gasteiger charge is -2.61. The molecule has 0 spiro atoms. The third-order valence-electron chi connectivity index (χ3n) is 12.1. The highest BCUT2D eigenvalue weighted by molar-refractivity contribution is 5.95. The van der Waals surface area contributed by atoms with E-state index in [1.54, 1.807) is 0 Å². The second-order valence-corrected chi connectivity index (χ2v) is 13.7. The van der Waals surface area contributed by atoms with Crippen molar-refractivity contribution in [3.05, 3.63) is 0 Å². The van der Waals surface area contributed by atoms with Crippen LogP contribution in [0.4, 0.5) is 0 Å². The molecule has 5 unspecified atom stereocenters. The van der Waals surface area contributed by atoms with Crippen LogP contribution in [0, 0.1) is 52.3 Å². The number of carbonyl (C=O) groups is 2. The van der Waals surface area contributed by atoms with Crippen molar-refractivity contribution in [2.45, 2.75) is 98.1 Å². The minimum absolute atomic E-state index is 0.132. The van der Waals surface area contributed by atoms with E-state index in [1.807, 2.05) is 4.90 Å². The van der Waals surface area contributed by atoms with Gasteiger partial charge in [-0.15, -0.1) is 0 Å². The molecule has 0 aromatic heterocycles. The smallest absolute Gasteiger partial charge is 0.228 e. The Balaban J connectivity index is 1.33.